The Balaban J connectivity index is 2.75. The van der Waals surface area contributed by atoms with Crippen LogP contribution in [0.4, 0.5) is 11.5 Å². The van der Waals surface area contributed by atoms with E-state index in [0.717, 1.165) is 39.1 Å². The molecule has 0 atom stereocenters. The zero-order valence-electron chi connectivity index (χ0n) is 13.2. The summed E-state index contributed by atoms with van der Waals surface area (Å²) in [7, 11) is 0. The van der Waals surface area contributed by atoms with E-state index in [1.165, 1.54) is 6.07 Å². The van der Waals surface area contributed by atoms with E-state index in [1.54, 1.807) is 6.07 Å². The highest BCUT2D eigenvalue weighted by Gasteiger charge is 2.14. The van der Waals surface area contributed by atoms with Crippen molar-refractivity contribution in [2.24, 2.45) is 0 Å². The molecule has 0 aliphatic carbocycles. The van der Waals surface area contributed by atoms with Gasteiger partial charge in [0.25, 0.3) is 0 Å². The molecular weight excluding hydrogens is 268 g/mol. The minimum atomic E-state index is -1.03. The number of anilines is 2. The molecule has 0 fully saturated rings. The Morgan fingerprint density at radius 1 is 1.19 bits per heavy atom. The number of aromatic carboxylic acids is 1. The highest BCUT2D eigenvalue weighted by atomic mass is 16.4. The molecule has 0 radical (unpaired) electrons. The van der Waals surface area contributed by atoms with Gasteiger partial charge in [0, 0.05) is 13.1 Å². The second-order valence-electron chi connectivity index (χ2n) is 4.87. The van der Waals surface area contributed by atoms with Gasteiger partial charge in [-0.25, -0.2) is 9.78 Å². The Bertz CT molecular complexity index is 461. The molecule has 1 aromatic heterocycles. The fourth-order valence-corrected chi connectivity index (χ4v) is 2.27. The molecule has 1 aromatic rings. The van der Waals surface area contributed by atoms with E-state index >= 15 is 0 Å². The van der Waals surface area contributed by atoms with Crippen LogP contribution in [0, 0.1) is 0 Å². The summed E-state index contributed by atoms with van der Waals surface area (Å²) in [4.78, 5) is 19.6. The fraction of sp³-hybridized carbons (Fsp3) is 0.600. The van der Waals surface area contributed by atoms with Gasteiger partial charge in [-0.3, -0.25) is 0 Å². The minimum Gasteiger partial charge on any atom is -0.477 e. The van der Waals surface area contributed by atoms with Crippen molar-refractivity contribution in [2.75, 3.05) is 43.4 Å². The van der Waals surface area contributed by atoms with Gasteiger partial charge in [-0.15, -0.1) is 0 Å². The Hall–Kier alpha value is -1.82. The van der Waals surface area contributed by atoms with Gasteiger partial charge in [0.2, 0.25) is 0 Å². The van der Waals surface area contributed by atoms with Crippen LogP contribution in [0.15, 0.2) is 12.1 Å². The van der Waals surface area contributed by atoms with Crippen LogP contribution in [-0.2, 0) is 0 Å². The molecule has 1 heterocycles. The van der Waals surface area contributed by atoms with Crippen LogP contribution in [-0.4, -0.2) is 53.7 Å². The zero-order chi connectivity index (χ0) is 15.8. The maximum absolute atomic E-state index is 11.0. The molecule has 0 amide bonds. The first kappa shape index (κ1) is 17.2. The molecule has 0 aliphatic rings. The highest BCUT2D eigenvalue weighted by Crippen LogP contribution is 2.21. The standard InChI is InChI=1S/C15H26N4O2/c1-4-18(5-2)10-7-11-19(6-3)14-12(16)8-9-13(17-14)15(20)21/h8-9H,4-7,10-11,16H2,1-3H3,(H,20,21). The molecule has 3 N–H and O–H groups in total. The van der Waals surface area contributed by atoms with E-state index in [-0.39, 0.29) is 5.69 Å². The van der Waals surface area contributed by atoms with Gasteiger partial charge in [-0.05, 0) is 45.1 Å². The average molecular weight is 294 g/mol. The van der Waals surface area contributed by atoms with Gasteiger partial charge in [0.1, 0.15) is 0 Å². The molecule has 0 saturated carbocycles. The van der Waals surface area contributed by atoms with Crippen molar-refractivity contribution >= 4 is 17.5 Å². The summed E-state index contributed by atoms with van der Waals surface area (Å²) in [5, 5.41) is 9.04. The summed E-state index contributed by atoms with van der Waals surface area (Å²) in [6.45, 7) is 11.0. The van der Waals surface area contributed by atoms with Gasteiger partial charge in [-0.2, -0.15) is 0 Å². The van der Waals surface area contributed by atoms with Crippen LogP contribution in [0.1, 0.15) is 37.7 Å². The van der Waals surface area contributed by atoms with Crippen LogP contribution < -0.4 is 10.6 Å². The van der Waals surface area contributed by atoms with Crippen molar-refractivity contribution in [2.45, 2.75) is 27.2 Å². The summed E-state index contributed by atoms with van der Waals surface area (Å²) in [5.74, 6) is -0.465. The number of nitrogens with two attached hydrogens (primary N) is 1. The van der Waals surface area contributed by atoms with Crippen LogP contribution >= 0.6 is 0 Å². The molecule has 118 valence electrons. The number of nitrogens with zero attached hydrogens (tertiary/aromatic N) is 3. The molecule has 21 heavy (non-hydrogen) atoms. The predicted molar refractivity (Wildman–Crippen MR) is 85.9 cm³/mol. The van der Waals surface area contributed by atoms with Crippen molar-refractivity contribution in [3.8, 4) is 0 Å². The molecular formula is C15H26N4O2. The van der Waals surface area contributed by atoms with E-state index in [0.29, 0.717) is 11.5 Å². The average Bonchev–Trinajstić information content (AvgIpc) is 2.48. The first-order valence-electron chi connectivity index (χ1n) is 7.50. The second-order valence-corrected chi connectivity index (χ2v) is 4.87. The topological polar surface area (TPSA) is 82.7 Å². The van der Waals surface area contributed by atoms with Crippen molar-refractivity contribution in [1.82, 2.24) is 9.88 Å². The number of carbonyl (C=O) groups is 1. The van der Waals surface area contributed by atoms with E-state index in [2.05, 4.69) is 23.7 Å². The van der Waals surface area contributed by atoms with Gasteiger partial charge < -0.3 is 20.6 Å². The second kappa shape index (κ2) is 8.46. The van der Waals surface area contributed by atoms with Gasteiger partial charge in [0.15, 0.2) is 11.5 Å². The maximum atomic E-state index is 11.0. The quantitative estimate of drug-likeness (QED) is 0.724. The molecule has 0 saturated heterocycles. The van der Waals surface area contributed by atoms with Crippen molar-refractivity contribution in [1.29, 1.82) is 0 Å². The number of rotatable bonds is 9. The van der Waals surface area contributed by atoms with Crippen LogP contribution in [0.5, 0.6) is 0 Å². The van der Waals surface area contributed by atoms with Gasteiger partial charge >= 0.3 is 5.97 Å². The summed E-state index contributed by atoms with van der Waals surface area (Å²) < 4.78 is 0. The fourth-order valence-electron chi connectivity index (χ4n) is 2.27. The number of hydrogen-bond donors (Lipinski definition) is 2. The number of hydrogen-bond acceptors (Lipinski definition) is 5. The molecule has 0 spiro atoms. The lowest BCUT2D eigenvalue weighted by atomic mass is 10.2. The lowest BCUT2D eigenvalue weighted by Gasteiger charge is -2.25. The highest BCUT2D eigenvalue weighted by molar-refractivity contribution is 5.86. The first-order chi connectivity index (χ1) is 10.0. The third-order valence-electron chi connectivity index (χ3n) is 3.60. The molecule has 0 aliphatic heterocycles. The smallest absolute Gasteiger partial charge is 0.354 e. The van der Waals surface area contributed by atoms with E-state index in [1.807, 2.05) is 11.8 Å². The third kappa shape index (κ3) is 4.90. The maximum Gasteiger partial charge on any atom is 0.354 e. The molecule has 0 unspecified atom stereocenters. The third-order valence-corrected chi connectivity index (χ3v) is 3.60. The number of nitrogen functional groups attached to an aromatic ring is 1. The van der Waals surface area contributed by atoms with Crippen LogP contribution in [0.25, 0.3) is 0 Å². The number of carboxylic acid groups (broad SMARTS) is 1. The Kier molecular flexibility index (Phi) is 6.94. The Morgan fingerprint density at radius 3 is 2.38 bits per heavy atom. The first-order valence-corrected chi connectivity index (χ1v) is 7.50. The van der Waals surface area contributed by atoms with Crippen LogP contribution in [0.3, 0.4) is 0 Å². The molecule has 1 rings (SSSR count). The zero-order valence-corrected chi connectivity index (χ0v) is 13.2. The van der Waals surface area contributed by atoms with Gasteiger partial charge in [0.05, 0.1) is 5.69 Å². The van der Waals surface area contributed by atoms with Crippen LogP contribution in [0.2, 0.25) is 0 Å². The summed E-state index contributed by atoms with van der Waals surface area (Å²) in [6, 6.07) is 3.05. The van der Waals surface area contributed by atoms with Gasteiger partial charge in [-0.1, -0.05) is 13.8 Å². The summed E-state index contributed by atoms with van der Waals surface area (Å²) >= 11 is 0. The minimum absolute atomic E-state index is 0.0291. The Labute approximate surface area is 126 Å². The Morgan fingerprint density at radius 2 is 1.86 bits per heavy atom. The number of aromatic nitrogens is 1. The summed E-state index contributed by atoms with van der Waals surface area (Å²) in [5.41, 5.74) is 6.49. The molecule has 6 heteroatoms. The SMILES string of the molecule is CCN(CC)CCCN(CC)c1nc(C(=O)O)ccc1N. The molecule has 0 bridgehead atoms. The van der Waals surface area contributed by atoms with E-state index in [4.69, 9.17) is 10.8 Å². The predicted octanol–water partition coefficient (Wildman–Crippen LogP) is 1.92. The lowest BCUT2D eigenvalue weighted by molar-refractivity contribution is 0.0690. The van der Waals surface area contributed by atoms with E-state index < -0.39 is 5.97 Å². The normalized spacial score (nSPS) is 10.9. The van der Waals surface area contributed by atoms with Crippen molar-refractivity contribution in [3.05, 3.63) is 17.8 Å². The largest absolute Gasteiger partial charge is 0.477 e. The van der Waals surface area contributed by atoms with Crippen molar-refractivity contribution < 1.29 is 9.90 Å². The number of carboxylic acids is 1. The number of pyridine rings is 1. The molecule has 0 aromatic carbocycles. The lowest BCUT2D eigenvalue weighted by Crippen LogP contribution is -2.31. The van der Waals surface area contributed by atoms with Crippen molar-refractivity contribution in [3.63, 3.8) is 0 Å². The monoisotopic (exact) mass is 294 g/mol. The molecule has 6 nitrogen and oxygen atoms in total. The summed E-state index contributed by atoms with van der Waals surface area (Å²) in [6.07, 6.45) is 0.994. The van der Waals surface area contributed by atoms with E-state index in [9.17, 15) is 4.79 Å².